The number of carboxylic acids is 1. The molecule has 3 aromatic rings. The minimum atomic E-state index is -0.947. The molecule has 0 fully saturated rings. The van der Waals surface area contributed by atoms with Gasteiger partial charge in [-0.3, -0.25) is 4.98 Å². The van der Waals surface area contributed by atoms with Gasteiger partial charge in [-0.1, -0.05) is 19.9 Å². The predicted molar refractivity (Wildman–Crippen MR) is 147 cm³/mol. The summed E-state index contributed by atoms with van der Waals surface area (Å²) in [5.74, 6) is -0.0682. The summed E-state index contributed by atoms with van der Waals surface area (Å²) in [7, 11) is 5.45. The lowest BCUT2D eigenvalue weighted by atomic mass is 9.91. The van der Waals surface area contributed by atoms with Gasteiger partial charge in [0.25, 0.3) is 0 Å². The van der Waals surface area contributed by atoms with E-state index < -0.39 is 5.97 Å². The molecule has 1 aliphatic carbocycles. The molecule has 0 bridgehead atoms. The van der Waals surface area contributed by atoms with Crippen LogP contribution in [0.5, 0.6) is 5.75 Å². The number of nitrogens with one attached hydrogen (secondary N) is 1. The van der Waals surface area contributed by atoms with Crippen LogP contribution >= 0.6 is 0 Å². The maximum absolute atomic E-state index is 10.5. The largest absolute Gasteiger partial charge is 0.491 e. The Morgan fingerprint density at radius 3 is 2.28 bits per heavy atom. The van der Waals surface area contributed by atoms with E-state index in [1.807, 2.05) is 26.0 Å². The molecule has 0 radical (unpaired) electrons. The van der Waals surface area contributed by atoms with Crippen LogP contribution in [0.3, 0.4) is 0 Å². The Morgan fingerprint density at radius 2 is 1.67 bits per heavy atom. The number of fused-ring (bicyclic) bond motifs is 1. The van der Waals surface area contributed by atoms with E-state index in [0.717, 1.165) is 5.75 Å². The molecule has 0 spiro atoms. The molecular weight excluding hydrogens is 454 g/mol. The summed E-state index contributed by atoms with van der Waals surface area (Å²) in [6.45, 7) is 5.19. The second-order valence-corrected chi connectivity index (χ2v) is 8.03. The monoisotopic (exact) mass is 493 g/mol. The number of ether oxygens (including phenoxy) is 2. The number of aromatic carboxylic acids is 1. The van der Waals surface area contributed by atoms with Crippen molar-refractivity contribution >= 4 is 23.0 Å². The molecule has 0 unspecified atom stereocenters. The summed E-state index contributed by atoms with van der Waals surface area (Å²) in [5, 5.41) is 11.4. The Kier molecular flexibility index (Phi) is 12.3. The third kappa shape index (κ3) is 8.27. The summed E-state index contributed by atoms with van der Waals surface area (Å²) >= 11 is 0. The maximum Gasteiger partial charge on any atom is 0.337 e. The highest BCUT2D eigenvalue weighted by molar-refractivity contribution is 5.93. The highest BCUT2D eigenvalue weighted by atomic mass is 16.5. The van der Waals surface area contributed by atoms with E-state index in [4.69, 9.17) is 14.6 Å². The van der Waals surface area contributed by atoms with Gasteiger partial charge in [0.15, 0.2) is 0 Å². The minimum absolute atomic E-state index is 0.238. The van der Waals surface area contributed by atoms with E-state index in [1.165, 1.54) is 66.6 Å². The normalized spacial score (nSPS) is 11.6. The van der Waals surface area contributed by atoms with Gasteiger partial charge in [-0.25, -0.2) is 4.79 Å². The SMILES string of the molecule is CC.CNc1cnccc1C(=O)O.COCCOc1ccc(N(C)c2ccc3c(c2)CCCC3)cc1. The van der Waals surface area contributed by atoms with Crippen LogP contribution < -0.4 is 15.0 Å². The summed E-state index contributed by atoms with van der Waals surface area (Å²) in [5.41, 5.74) is 6.22. The van der Waals surface area contributed by atoms with Gasteiger partial charge >= 0.3 is 5.97 Å². The lowest BCUT2D eigenvalue weighted by Gasteiger charge is -2.23. The Hall–Kier alpha value is -3.58. The zero-order valence-corrected chi connectivity index (χ0v) is 22.1. The molecule has 7 nitrogen and oxygen atoms in total. The second-order valence-electron chi connectivity index (χ2n) is 8.03. The van der Waals surface area contributed by atoms with Crippen LogP contribution in [0.25, 0.3) is 0 Å². The number of anilines is 3. The van der Waals surface area contributed by atoms with Gasteiger partial charge in [0.2, 0.25) is 0 Å². The van der Waals surface area contributed by atoms with Crippen molar-refractivity contribution < 1.29 is 19.4 Å². The van der Waals surface area contributed by atoms with E-state index >= 15 is 0 Å². The van der Waals surface area contributed by atoms with Crippen molar-refractivity contribution in [2.24, 2.45) is 0 Å². The first-order valence-electron chi connectivity index (χ1n) is 12.5. The molecule has 0 atom stereocenters. The van der Waals surface area contributed by atoms with Crippen molar-refractivity contribution in [2.45, 2.75) is 39.5 Å². The number of aryl methyl sites for hydroxylation is 2. The van der Waals surface area contributed by atoms with Gasteiger partial charge in [-0.2, -0.15) is 0 Å². The van der Waals surface area contributed by atoms with Crippen molar-refractivity contribution in [1.29, 1.82) is 0 Å². The van der Waals surface area contributed by atoms with E-state index in [1.54, 1.807) is 14.2 Å². The first-order chi connectivity index (χ1) is 17.5. The van der Waals surface area contributed by atoms with Crippen molar-refractivity contribution in [2.75, 3.05) is 44.6 Å². The average molecular weight is 494 g/mol. The molecule has 0 aliphatic heterocycles. The number of hydrogen-bond acceptors (Lipinski definition) is 6. The van der Waals surface area contributed by atoms with Gasteiger partial charge in [0.05, 0.1) is 24.1 Å². The van der Waals surface area contributed by atoms with E-state index in [0.29, 0.717) is 18.9 Å². The van der Waals surface area contributed by atoms with Crippen LogP contribution in [0.2, 0.25) is 0 Å². The number of rotatable bonds is 8. The Morgan fingerprint density at radius 1 is 1.00 bits per heavy atom. The molecule has 2 N–H and O–H groups in total. The third-order valence-electron chi connectivity index (χ3n) is 5.82. The molecule has 36 heavy (non-hydrogen) atoms. The predicted octanol–water partition coefficient (Wildman–Crippen LogP) is 6.21. The van der Waals surface area contributed by atoms with Gasteiger partial charge in [-0.05, 0) is 79.3 Å². The molecule has 2 aromatic carbocycles. The fourth-order valence-corrected chi connectivity index (χ4v) is 3.87. The van der Waals surface area contributed by atoms with E-state index in [2.05, 4.69) is 52.6 Å². The summed E-state index contributed by atoms with van der Waals surface area (Å²) in [6, 6.07) is 16.5. The van der Waals surface area contributed by atoms with Gasteiger partial charge in [0.1, 0.15) is 12.4 Å². The van der Waals surface area contributed by atoms with Crippen LogP contribution in [0.15, 0.2) is 60.9 Å². The Bertz CT molecular complexity index is 1070. The molecule has 1 heterocycles. The van der Waals surface area contributed by atoms with Crippen LogP contribution in [-0.2, 0) is 17.6 Å². The number of methoxy groups -OCH3 is 1. The Labute approximate surface area is 215 Å². The molecular formula is C29H39N3O4. The number of carbonyl (C=O) groups is 1. The number of nitrogens with zero attached hydrogens (tertiary/aromatic N) is 2. The van der Waals surface area contributed by atoms with Crippen molar-refractivity contribution in [3.05, 3.63) is 77.6 Å². The summed E-state index contributed by atoms with van der Waals surface area (Å²) in [6.07, 6.45) is 8.00. The summed E-state index contributed by atoms with van der Waals surface area (Å²) < 4.78 is 10.6. The molecule has 7 heteroatoms. The van der Waals surface area contributed by atoms with Crippen LogP contribution in [-0.4, -0.2) is 50.5 Å². The standard InChI is InChI=1S/C20H25NO2.C7H8N2O2.C2H6/c1-21(18-9-11-20(12-10-18)23-14-13-22-2)19-8-7-16-5-3-4-6-17(16)15-19;1-8-6-4-9-3-2-5(6)7(10)11;1-2/h7-12,15H,3-6,13-14H2,1-2H3;2-4,8H,1H3,(H,10,11);1-2H3. The second kappa shape index (κ2) is 15.4. The maximum atomic E-state index is 10.5. The molecule has 0 saturated carbocycles. The highest BCUT2D eigenvalue weighted by Gasteiger charge is 2.12. The first kappa shape index (κ1) is 28.7. The molecule has 1 aromatic heterocycles. The lowest BCUT2D eigenvalue weighted by molar-refractivity contribution is 0.0698. The molecule has 194 valence electrons. The van der Waals surface area contributed by atoms with E-state index in [9.17, 15) is 4.79 Å². The fourth-order valence-electron chi connectivity index (χ4n) is 3.87. The first-order valence-corrected chi connectivity index (χ1v) is 12.5. The van der Waals surface area contributed by atoms with Gasteiger partial charge < -0.3 is 24.8 Å². The summed E-state index contributed by atoms with van der Waals surface area (Å²) in [4.78, 5) is 16.5. The third-order valence-corrected chi connectivity index (χ3v) is 5.82. The van der Waals surface area contributed by atoms with Crippen LogP contribution in [0.1, 0.15) is 48.2 Å². The van der Waals surface area contributed by atoms with Crippen LogP contribution in [0, 0.1) is 0 Å². The molecule has 0 saturated heterocycles. The average Bonchev–Trinajstić information content (AvgIpc) is 2.94. The topological polar surface area (TPSA) is 83.9 Å². The van der Waals surface area contributed by atoms with Gasteiger partial charge in [-0.15, -0.1) is 0 Å². The Balaban J connectivity index is 0.000000295. The minimum Gasteiger partial charge on any atom is -0.491 e. The number of hydrogen-bond donors (Lipinski definition) is 2. The van der Waals surface area contributed by atoms with Crippen molar-refractivity contribution in [1.82, 2.24) is 4.98 Å². The highest BCUT2D eigenvalue weighted by Crippen LogP contribution is 2.30. The van der Waals surface area contributed by atoms with Crippen molar-refractivity contribution in [3.8, 4) is 5.75 Å². The van der Waals surface area contributed by atoms with E-state index in [-0.39, 0.29) is 5.56 Å². The number of aromatic nitrogens is 1. The quantitative estimate of drug-likeness (QED) is 0.361. The smallest absolute Gasteiger partial charge is 0.337 e. The fraction of sp³-hybridized carbons (Fsp3) is 0.379. The van der Waals surface area contributed by atoms with Gasteiger partial charge in [0, 0.05) is 38.8 Å². The molecule has 4 rings (SSSR count). The zero-order chi connectivity index (χ0) is 26.3. The number of pyridine rings is 1. The zero-order valence-electron chi connectivity index (χ0n) is 22.1. The molecule has 0 amide bonds. The number of benzene rings is 2. The number of carboxylic acid groups (broad SMARTS) is 1. The van der Waals surface area contributed by atoms with Crippen molar-refractivity contribution in [3.63, 3.8) is 0 Å². The lowest BCUT2D eigenvalue weighted by Crippen LogP contribution is -2.11. The van der Waals surface area contributed by atoms with Crippen LogP contribution in [0.4, 0.5) is 17.1 Å². The molecule has 1 aliphatic rings.